The molecule has 148 valence electrons. The van der Waals surface area contributed by atoms with Gasteiger partial charge in [0.15, 0.2) is 0 Å². The van der Waals surface area contributed by atoms with Crippen molar-refractivity contribution in [2.24, 2.45) is 0 Å². The van der Waals surface area contributed by atoms with E-state index in [0.29, 0.717) is 19.4 Å². The van der Waals surface area contributed by atoms with Gasteiger partial charge in [-0.3, -0.25) is 9.59 Å². The molecule has 2 N–H and O–H groups in total. The van der Waals surface area contributed by atoms with Gasteiger partial charge < -0.3 is 15.2 Å². The minimum atomic E-state index is -0.898. The van der Waals surface area contributed by atoms with E-state index < -0.39 is 5.41 Å². The molecule has 1 aliphatic heterocycles. The molecule has 4 rings (SSSR count). The number of aromatic amines is 1. The highest BCUT2D eigenvalue weighted by Gasteiger charge is 2.50. The van der Waals surface area contributed by atoms with E-state index in [-0.39, 0.29) is 18.2 Å². The molecule has 1 aliphatic rings. The summed E-state index contributed by atoms with van der Waals surface area (Å²) in [5, 5.41) is 2.97. The molecule has 0 radical (unpaired) electrons. The number of nitrogens with zero attached hydrogens (tertiary/aromatic N) is 2. The molecule has 0 saturated heterocycles. The van der Waals surface area contributed by atoms with Gasteiger partial charge >= 0.3 is 0 Å². The van der Waals surface area contributed by atoms with Crippen LogP contribution in [0.4, 0.5) is 5.69 Å². The van der Waals surface area contributed by atoms with Crippen LogP contribution in [-0.2, 0) is 27.8 Å². The highest BCUT2D eigenvalue weighted by molar-refractivity contribution is 6.09. The minimum Gasteiger partial charge on any atom is -0.356 e. The van der Waals surface area contributed by atoms with Gasteiger partial charge in [-0.1, -0.05) is 48.5 Å². The van der Waals surface area contributed by atoms with Crippen LogP contribution in [0.5, 0.6) is 0 Å². The van der Waals surface area contributed by atoms with Gasteiger partial charge in [0.1, 0.15) is 0 Å². The number of hydrogen-bond donors (Lipinski definition) is 2. The van der Waals surface area contributed by atoms with Gasteiger partial charge in [-0.05, 0) is 23.6 Å². The first kappa shape index (κ1) is 18.9. The number of nitrogens with one attached hydrogen (secondary N) is 2. The molecule has 6 heteroatoms. The van der Waals surface area contributed by atoms with Crippen LogP contribution in [0.1, 0.15) is 23.2 Å². The summed E-state index contributed by atoms with van der Waals surface area (Å²) in [6.45, 7) is 0.494. The first-order chi connectivity index (χ1) is 14.1. The van der Waals surface area contributed by atoms with Gasteiger partial charge in [-0.2, -0.15) is 0 Å². The molecule has 0 fully saturated rings. The Balaban J connectivity index is 1.59. The normalized spacial score (nSPS) is 18.0. The van der Waals surface area contributed by atoms with E-state index in [9.17, 15) is 9.59 Å². The molecule has 29 heavy (non-hydrogen) atoms. The number of rotatable bonds is 7. The van der Waals surface area contributed by atoms with E-state index >= 15 is 0 Å². The predicted molar refractivity (Wildman–Crippen MR) is 112 cm³/mol. The third-order valence-electron chi connectivity index (χ3n) is 5.58. The van der Waals surface area contributed by atoms with Crippen LogP contribution in [0.2, 0.25) is 0 Å². The first-order valence-electron chi connectivity index (χ1n) is 9.76. The summed E-state index contributed by atoms with van der Waals surface area (Å²) in [4.78, 5) is 35.0. The molecule has 1 aromatic heterocycles. The molecular weight excluding hydrogens is 364 g/mol. The Hall–Kier alpha value is -3.41. The maximum atomic E-state index is 13.4. The van der Waals surface area contributed by atoms with Gasteiger partial charge in [0.05, 0.1) is 11.7 Å². The third kappa shape index (κ3) is 3.66. The fourth-order valence-corrected chi connectivity index (χ4v) is 4.16. The van der Waals surface area contributed by atoms with Crippen molar-refractivity contribution in [2.75, 3.05) is 18.5 Å². The van der Waals surface area contributed by atoms with Crippen molar-refractivity contribution in [1.82, 2.24) is 15.3 Å². The summed E-state index contributed by atoms with van der Waals surface area (Å²) in [5.74, 6) is -0.162. The predicted octanol–water partition coefficient (Wildman–Crippen LogP) is 2.62. The molecule has 1 atom stereocenters. The minimum absolute atomic E-state index is 0.0359. The van der Waals surface area contributed by atoms with E-state index in [0.717, 1.165) is 22.5 Å². The zero-order valence-corrected chi connectivity index (χ0v) is 16.4. The van der Waals surface area contributed by atoms with Gasteiger partial charge in [-0.15, -0.1) is 0 Å². The second-order valence-electron chi connectivity index (χ2n) is 7.48. The lowest BCUT2D eigenvalue weighted by Gasteiger charge is -2.28. The standard InChI is InChI=1S/C23H24N4O2/c1-27-20-10-6-5-9-19(20)23(22(27)29,13-17-7-3-2-4-8-17)14-21(28)25-12-11-18-15-24-16-26-18/h2-10,15-16H,11-14H2,1H3,(H,24,26)(H,25,28)/t23-/m1/s1. The number of carbonyl (C=O) groups is 2. The number of benzene rings is 2. The number of para-hydroxylation sites is 1. The number of fused-ring (bicyclic) bond motifs is 1. The topological polar surface area (TPSA) is 78.1 Å². The molecule has 3 aromatic rings. The van der Waals surface area contributed by atoms with Gasteiger partial charge in [0, 0.05) is 44.0 Å². The van der Waals surface area contributed by atoms with Crippen LogP contribution in [0.25, 0.3) is 0 Å². The van der Waals surface area contributed by atoms with Crippen LogP contribution >= 0.6 is 0 Å². The maximum absolute atomic E-state index is 13.4. The molecule has 6 nitrogen and oxygen atoms in total. The van der Waals surface area contributed by atoms with Crippen molar-refractivity contribution in [1.29, 1.82) is 0 Å². The summed E-state index contributed by atoms with van der Waals surface area (Å²) in [5.41, 5.74) is 2.89. The van der Waals surface area contributed by atoms with E-state index in [1.165, 1.54) is 0 Å². The summed E-state index contributed by atoms with van der Waals surface area (Å²) >= 11 is 0. The molecular formula is C23H24N4O2. The number of carbonyl (C=O) groups excluding carboxylic acids is 2. The molecule has 0 aliphatic carbocycles. The molecule has 0 unspecified atom stereocenters. The van der Waals surface area contributed by atoms with E-state index in [1.54, 1.807) is 24.5 Å². The van der Waals surface area contributed by atoms with Crippen LogP contribution in [-0.4, -0.2) is 35.4 Å². The van der Waals surface area contributed by atoms with E-state index in [2.05, 4.69) is 15.3 Å². The summed E-state index contributed by atoms with van der Waals surface area (Å²) in [6.07, 6.45) is 4.64. The molecule has 2 aromatic carbocycles. The van der Waals surface area contributed by atoms with E-state index in [4.69, 9.17) is 0 Å². The SMILES string of the molecule is CN1C(=O)[C@@](CC(=O)NCCc2cnc[nH]2)(Cc2ccccc2)c2ccccc21. The molecule has 0 spiro atoms. The summed E-state index contributed by atoms with van der Waals surface area (Å²) in [6, 6.07) is 17.7. The van der Waals surface area contributed by atoms with Crippen LogP contribution in [0, 0.1) is 0 Å². The fraction of sp³-hybridized carbons (Fsp3) is 0.261. The number of hydrogen-bond acceptors (Lipinski definition) is 3. The number of amides is 2. The van der Waals surface area contributed by atoms with Crippen molar-refractivity contribution in [3.05, 3.63) is 83.9 Å². The van der Waals surface area contributed by atoms with E-state index in [1.807, 2.05) is 54.6 Å². The van der Waals surface area contributed by atoms with Gasteiger partial charge in [-0.25, -0.2) is 4.98 Å². The van der Waals surface area contributed by atoms with Crippen molar-refractivity contribution in [3.63, 3.8) is 0 Å². The Bertz CT molecular complexity index is 1000. The lowest BCUT2D eigenvalue weighted by molar-refractivity contribution is -0.129. The first-order valence-corrected chi connectivity index (χ1v) is 9.76. The number of imidazole rings is 1. The Morgan fingerprint density at radius 2 is 1.90 bits per heavy atom. The summed E-state index contributed by atoms with van der Waals surface area (Å²) in [7, 11) is 1.78. The van der Waals surface area contributed by atoms with Crippen LogP contribution in [0.3, 0.4) is 0 Å². The molecule has 0 bridgehead atoms. The smallest absolute Gasteiger partial charge is 0.238 e. The highest BCUT2D eigenvalue weighted by Crippen LogP contribution is 2.45. The largest absolute Gasteiger partial charge is 0.356 e. The van der Waals surface area contributed by atoms with Crippen LogP contribution in [0.15, 0.2) is 67.1 Å². The summed E-state index contributed by atoms with van der Waals surface area (Å²) < 4.78 is 0. The van der Waals surface area contributed by atoms with Crippen molar-refractivity contribution < 1.29 is 9.59 Å². The fourth-order valence-electron chi connectivity index (χ4n) is 4.16. The molecule has 0 saturated carbocycles. The Morgan fingerprint density at radius 1 is 1.14 bits per heavy atom. The number of aromatic nitrogens is 2. The Labute approximate surface area is 170 Å². The number of H-pyrrole nitrogens is 1. The second-order valence-corrected chi connectivity index (χ2v) is 7.48. The third-order valence-corrected chi connectivity index (χ3v) is 5.58. The van der Waals surface area contributed by atoms with Gasteiger partial charge in [0.2, 0.25) is 11.8 Å². The maximum Gasteiger partial charge on any atom is 0.238 e. The Kier molecular flexibility index (Phi) is 5.16. The number of likely N-dealkylation sites (N-methyl/N-ethyl adjacent to an activating group) is 1. The molecule has 2 amide bonds. The van der Waals surface area contributed by atoms with Gasteiger partial charge in [0.25, 0.3) is 0 Å². The second kappa shape index (κ2) is 7.91. The van der Waals surface area contributed by atoms with Crippen molar-refractivity contribution in [3.8, 4) is 0 Å². The zero-order chi connectivity index (χ0) is 20.3. The average molecular weight is 388 g/mol. The zero-order valence-electron chi connectivity index (χ0n) is 16.4. The monoisotopic (exact) mass is 388 g/mol. The Morgan fingerprint density at radius 3 is 2.66 bits per heavy atom. The quantitative estimate of drug-likeness (QED) is 0.653. The lowest BCUT2D eigenvalue weighted by Crippen LogP contribution is -2.44. The lowest BCUT2D eigenvalue weighted by atomic mass is 9.73. The van der Waals surface area contributed by atoms with Crippen LogP contribution < -0.4 is 10.2 Å². The molecule has 2 heterocycles. The number of anilines is 1. The van der Waals surface area contributed by atoms with Crippen molar-refractivity contribution in [2.45, 2.75) is 24.7 Å². The highest BCUT2D eigenvalue weighted by atomic mass is 16.2. The average Bonchev–Trinajstić information content (AvgIpc) is 3.32. The van der Waals surface area contributed by atoms with Crippen molar-refractivity contribution >= 4 is 17.5 Å².